The molecule has 1 saturated carbocycles. The summed E-state index contributed by atoms with van der Waals surface area (Å²) >= 11 is 0. The van der Waals surface area contributed by atoms with Gasteiger partial charge in [-0.05, 0) is 43.9 Å². The molecule has 0 aromatic carbocycles. The Hall–Kier alpha value is -0.280. The van der Waals surface area contributed by atoms with Crippen LogP contribution in [0, 0.1) is 17.8 Å². The Bertz CT molecular complexity index is 270. The van der Waals surface area contributed by atoms with Gasteiger partial charge in [0.25, 0.3) is 0 Å². The molecule has 3 nitrogen and oxygen atoms in total. The van der Waals surface area contributed by atoms with Crippen LogP contribution in [-0.4, -0.2) is 29.9 Å². The number of nitrogens with two attached hydrogens (primary N) is 1. The smallest absolute Gasteiger partial charge is 0.225 e. The van der Waals surface area contributed by atoms with E-state index in [1.54, 1.807) is 0 Å². The zero-order chi connectivity index (χ0) is 14.4. The monoisotopic (exact) mass is 304 g/mol. The Morgan fingerprint density at radius 1 is 1.10 bits per heavy atom. The molecule has 1 aliphatic carbocycles. The number of carbonyl (C=O) groups excluding carboxylic acids is 1. The first-order chi connectivity index (χ1) is 8.90. The minimum atomic E-state index is 0. The topological polar surface area (TPSA) is 46.3 Å². The van der Waals surface area contributed by atoms with Crippen molar-refractivity contribution in [3.05, 3.63) is 0 Å². The van der Waals surface area contributed by atoms with Crippen LogP contribution < -0.4 is 5.73 Å². The van der Waals surface area contributed by atoms with Crippen molar-refractivity contribution in [2.75, 3.05) is 13.1 Å². The summed E-state index contributed by atoms with van der Waals surface area (Å²) in [4.78, 5) is 14.7. The standard InChI is InChI=1S/C16H32N2O.ClH/c1-12(2)7-9-18(10-8-13(3)4)16(19)14-5-6-15(17)11-14;/h12-15H,5-11,17H2,1-4H3;1H. The van der Waals surface area contributed by atoms with Crippen LogP contribution in [-0.2, 0) is 4.79 Å². The first-order valence-electron chi connectivity index (χ1n) is 7.94. The Morgan fingerprint density at radius 3 is 1.95 bits per heavy atom. The molecule has 120 valence electrons. The van der Waals surface area contributed by atoms with Gasteiger partial charge in [0.05, 0.1) is 0 Å². The van der Waals surface area contributed by atoms with Crippen molar-refractivity contribution >= 4 is 18.3 Å². The van der Waals surface area contributed by atoms with E-state index >= 15 is 0 Å². The highest BCUT2D eigenvalue weighted by molar-refractivity contribution is 5.85. The van der Waals surface area contributed by atoms with Gasteiger partial charge in [0.15, 0.2) is 0 Å². The van der Waals surface area contributed by atoms with E-state index in [2.05, 4.69) is 32.6 Å². The molecule has 1 fully saturated rings. The molecule has 0 heterocycles. The van der Waals surface area contributed by atoms with E-state index < -0.39 is 0 Å². The zero-order valence-corrected chi connectivity index (χ0v) is 14.4. The predicted octanol–water partition coefficient (Wildman–Crippen LogP) is 3.46. The van der Waals surface area contributed by atoms with Crippen LogP contribution in [0.25, 0.3) is 0 Å². The maximum absolute atomic E-state index is 12.6. The number of halogens is 1. The lowest BCUT2D eigenvalue weighted by atomic mass is 10.0. The molecule has 0 aromatic rings. The number of nitrogens with zero attached hydrogens (tertiary/aromatic N) is 1. The highest BCUT2D eigenvalue weighted by Gasteiger charge is 2.30. The van der Waals surface area contributed by atoms with E-state index in [0.29, 0.717) is 17.7 Å². The highest BCUT2D eigenvalue weighted by atomic mass is 35.5. The summed E-state index contributed by atoms with van der Waals surface area (Å²) in [6.07, 6.45) is 5.09. The SMILES string of the molecule is CC(C)CCN(CCC(C)C)C(=O)C1CCC(N)C1.Cl. The Balaban J connectivity index is 0.00000361. The molecule has 0 radical (unpaired) electrons. The van der Waals surface area contributed by atoms with Crippen molar-refractivity contribution in [2.24, 2.45) is 23.5 Å². The molecule has 1 rings (SSSR count). The first kappa shape index (κ1) is 19.7. The Kier molecular flexibility index (Phi) is 9.48. The second-order valence-electron chi connectivity index (χ2n) is 6.96. The van der Waals surface area contributed by atoms with Crippen molar-refractivity contribution in [1.29, 1.82) is 0 Å². The van der Waals surface area contributed by atoms with Crippen LogP contribution in [0.2, 0.25) is 0 Å². The molecule has 0 aliphatic heterocycles. The fraction of sp³-hybridized carbons (Fsp3) is 0.938. The minimum absolute atomic E-state index is 0. The average molecular weight is 305 g/mol. The van der Waals surface area contributed by atoms with E-state index in [0.717, 1.165) is 45.2 Å². The van der Waals surface area contributed by atoms with E-state index in [-0.39, 0.29) is 24.4 Å². The summed E-state index contributed by atoms with van der Waals surface area (Å²) in [6.45, 7) is 10.7. The third kappa shape index (κ3) is 6.94. The maximum atomic E-state index is 12.6. The van der Waals surface area contributed by atoms with Crippen LogP contribution in [0.5, 0.6) is 0 Å². The van der Waals surface area contributed by atoms with Gasteiger partial charge >= 0.3 is 0 Å². The van der Waals surface area contributed by atoms with Crippen LogP contribution >= 0.6 is 12.4 Å². The minimum Gasteiger partial charge on any atom is -0.342 e. The van der Waals surface area contributed by atoms with E-state index in [9.17, 15) is 4.79 Å². The molecule has 2 unspecified atom stereocenters. The van der Waals surface area contributed by atoms with Crippen molar-refractivity contribution in [2.45, 2.75) is 65.8 Å². The van der Waals surface area contributed by atoms with Crippen molar-refractivity contribution in [3.8, 4) is 0 Å². The molecular formula is C16H33ClN2O. The van der Waals surface area contributed by atoms with Crippen LogP contribution in [0.4, 0.5) is 0 Å². The fourth-order valence-electron chi connectivity index (χ4n) is 2.66. The summed E-state index contributed by atoms with van der Waals surface area (Å²) in [6, 6.07) is 0.242. The zero-order valence-electron chi connectivity index (χ0n) is 13.6. The van der Waals surface area contributed by atoms with Gasteiger partial charge in [-0.3, -0.25) is 4.79 Å². The summed E-state index contributed by atoms with van der Waals surface area (Å²) in [5.74, 6) is 1.85. The molecular weight excluding hydrogens is 272 g/mol. The third-order valence-corrected chi connectivity index (χ3v) is 4.09. The third-order valence-electron chi connectivity index (χ3n) is 4.09. The first-order valence-corrected chi connectivity index (χ1v) is 7.94. The number of amides is 1. The number of rotatable bonds is 7. The molecule has 2 atom stereocenters. The van der Waals surface area contributed by atoms with Gasteiger partial charge in [-0.25, -0.2) is 0 Å². The summed E-state index contributed by atoms with van der Waals surface area (Å²) < 4.78 is 0. The molecule has 0 spiro atoms. The molecule has 0 aromatic heterocycles. The Labute approximate surface area is 131 Å². The van der Waals surface area contributed by atoms with Gasteiger partial charge in [-0.15, -0.1) is 12.4 Å². The van der Waals surface area contributed by atoms with Gasteiger partial charge in [0.1, 0.15) is 0 Å². The highest BCUT2D eigenvalue weighted by Crippen LogP contribution is 2.26. The Morgan fingerprint density at radius 2 is 1.60 bits per heavy atom. The quantitative estimate of drug-likeness (QED) is 0.783. The predicted molar refractivity (Wildman–Crippen MR) is 88.1 cm³/mol. The van der Waals surface area contributed by atoms with Crippen LogP contribution in [0.1, 0.15) is 59.8 Å². The van der Waals surface area contributed by atoms with Crippen LogP contribution in [0.3, 0.4) is 0 Å². The lowest BCUT2D eigenvalue weighted by Crippen LogP contribution is -2.38. The van der Waals surface area contributed by atoms with Gasteiger partial charge in [0.2, 0.25) is 5.91 Å². The van der Waals surface area contributed by atoms with E-state index in [1.807, 2.05) is 0 Å². The summed E-state index contributed by atoms with van der Waals surface area (Å²) in [5, 5.41) is 0. The molecule has 2 N–H and O–H groups in total. The summed E-state index contributed by atoms with van der Waals surface area (Å²) in [7, 11) is 0. The maximum Gasteiger partial charge on any atom is 0.225 e. The van der Waals surface area contributed by atoms with Gasteiger partial charge in [-0.2, -0.15) is 0 Å². The van der Waals surface area contributed by atoms with Crippen molar-refractivity contribution in [3.63, 3.8) is 0 Å². The number of hydrogen-bond acceptors (Lipinski definition) is 2. The molecule has 0 saturated heterocycles. The fourth-order valence-corrected chi connectivity index (χ4v) is 2.66. The van der Waals surface area contributed by atoms with Gasteiger partial charge in [-0.1, -0.05) is 27.7 Å². The summed E-state index contributed by atoms with van der Waals surface area (Å²) in [5.41, 5.74) is 5.94. The number of carbonyl (C=O) groups is 1. The average Bonchev–Trinajstić information content (AvgIpc) is 2.74. The van der Waals surface area contributed by atoms with Crippen molar-refractivity contribution < 1.29 is 4.79 Å². The van der Waals surface area contributed by atoms with E-state index in [4.69, 9.17) is 5.73 Å². The lowest BCUT2D eigenvalue weighted by molar-refractivity contribution is -0.135. The second kappa shape index (κ2) is 9.62. The van der Waals surface area contributed by atoms with Gasteiger partial charge in [0, 0.05) is 25.0 Å². The normalized spacial score (nSPS) is 22.1. The lowest BCUT2D eigenvalue weighted by Gasteiger charge is -2.27. The van der Waals surface area contributed by atoms with Crippen molar-refractivity contribution in [1.82, 2.24) is 4.90 Å². The molecule has 4 heteroatoms. The molecule has 1 aliphatic rings. The largest absolute Gasteiger partial charge is 0.342 e. The molecule has 0 bridgehead atoms. The molecule has 20 heavy (non-hydrogen) atoms. The van der Waals surface area contributed by atoms with Gasteiger partial charge < -0.3 is 10.6 Å². The second-order valence-corrected chi connectivity index (χ2v) is 6.96. The number of hydrogen-bond donors (Lipinski definition) is 1. The van der Waals surface area contributed by atoms with E-state index in [1.165, 1.54) is 0 Å². The van der Waals surface area contributed by atoms with Crippen LogP contribution in [0.15, 0.2) is 0 Å². The molecule has 1 amide bonds.